The number of benzene rings is 2. The van der Waals surface area contributed by atoms with E-state index in [9.17, 15) is 14.9 Å². The zero-order valence-corrected chi connectivity index (χ0v) is 13.3. The molecule has 0 bridgehead atoms. The Morgan fingerprint density at radius 3 is 2.59 bits per heavy atom. The zero-order chi connectivity index (χ0) is 16.1. The van der Waals surface area contributed by atoms with Gasteiger partial charge >= 0.3 is 0 Å². The van der Waals surface area contributed by atoms with Crippen LogP contribution >= 0.6 is 23.4 Å². The van der Waals surface area contributed by atoms with Crippen LogP contribution in [0.15, 0.2) is 47.4 Å². The van der Waals surface area contributed by atoms with Crippen LogP contribution in [0.25, 0.3) is 0 Å². The van der Waals surface area contributed by atoms with E-state index in [1.54, 1.807) is 30.3 Å². The van der Waals surface area contributed by atoms with E-state index in [0.29, 0.717) is 10.7 Å². The molecule has 2 aromatic carbocycles. The molecular formula is C15H13ClN2O3S. The Bertz CT molecular complexity index is 704. The second-order valence-corrected chi connectivity index (χ2v) is 5.96. The molecule has 0 aliphatic heterocycles. The second kappa shape index (κ2) is 7.29. The van der Waals surface area contributed by atoms with Crippen LogP contribution in [-0.2, 0) is 4.79 Å². The largest absolute Gasteiger partial charge is 0.325 e. The fraction of sp³-hybridized carbons (Fsp3) is 0.133. The summed E-state index contributed by atoms with van der Waals surface area (Å²) < 4.78 is 0. The Morgan fingerprint density at radius 2 is 1.95 bits per heavy atom. The van der Waals surface area contributed by atoms with Gasteiger partial charge in [-0.15, -0.1) is 11.8 Å². The molecule has 2 aromatic rings. The van der Waals surface area contributed by atoms with E-state index >= 15 is 0 Å². The third-order valence-electron chi connectivity index (χ3n) is 2.96. The molecule has 2 rings (SSSR count). The van der Waals surface area contributed by atoms with Crippen LogP contribution in [0, 0.1) is 17.0 Å². The quantitative estimate of drug-likeness (QED) is 0.502. The van der Waals surface area contributed by atoms with Crippen LogP contribution in [0.2, 0.25) is 5.02 Å². The van der Waals surface area contributed by atoms with Crippen molar-refractivity contribution in [3.05, 3.63) is 63.2 Å². The normalized spacial score (nSPS) is 10.3. The lowest BCUT2D eigenvalue weighted by Crippen LogP contribution is -2.14. The minimum Gasteiger partial charge on any atom is -0.325 e. The molecule has 22 heavy (non-hydrogen) atoms. The van der Waals surface area contributed by atoms with Crippen molar-refractivity contribution in [2.75, 3.05) is 11.1 Å². The molecule has 0 atom stereocenters. The molecule has 0 saturated heterocycles. The van der Waals surface area contributed by atoms with E-state index in [0.717, 1.165) is 10.5 Å². The molecule has 5 nitrogen and oxygen atoms in total. The summed E-state index contributed by atoms with van der Waals surface area (Å²) in [6.07, 6.45) is 0. The predicted octanol–water partition coefficient (Wildman–Crippen LogP) is 4.29. The molecule has 114 valence electrons. The number of thioether (sulfide) groups is 1. The first kappa shape index (κ1) is 16.3. The van der Waals surface area contributed by atoms with Crippen molar-refractivity contribution in [2.24, 2.45) is 0 Å². The minimum atomic E-state index is -0.455. The average Bonchev–Trinajstić information content (AvgIpc) is 2.50. The molecule has 0 aliphatic rings. The number of anilines is 1. The fourth-order valence-corrected chi connectivity index (χ4v) is 2.62. The minimum absolute atomic E-state index is 0.0309. The summed E-state index contributed by atoms with van der Waals surface area (Å²) in [5.74, 6) is 0.0535. The summed E-state index contributed by atoms with van der Waals surface area (Å²) in [7, 11) is 0. The third kappa shape index (κ3) is 4.22. The molecule has 0 aromatic heterocycles. The van der Waals surface area contributed by atoms with E-state index in [4.69, 9.17) is 11.6 Å². The first-order valence-electron chi connectivity index (χ1n) is 6.39. The van der Waals surface area contributed by atoms with Gasteiger partial charge in [-0.3, -0.25) is 14.9 Å². The zero-order valence-electron chi connectivity index (χ0n) is 11.7. The van der Waals surface area contributed by atoms with Gasteiger partial charge in [-0.25, -0.2) is 0 Å². The maximum atomic E-state index is 11.9. The van der Waals surface area contributed by atoms with Gasteiger partial charge in [0, 0.05) is 27.7 Å². The van der Waals surface area contributed by atoms with E-state index in [1.807, 2.05) is 6.92 Å². The number of nitro benzene ring substituents is 1. The summed E-state index contributed by atoms with van der Waals surface area (Å²) in [5, 5.41) is 14.0. The summed E-state index contributed by atoms with van der Waals surface area (Å²) >= 11 is 7.31. The summed E-state index contributed by atoms with van der Waals surface area (Å²) in [5.41, 5.74) is 1.53. The number of nitrogens with one attached hydrogen (secondary N) is 1. The molecule has 0 spiro atoms. The summed E-state index contributed by atoms with van der Waals surface area (Å²) in [4.78, 5) is 22.8. The molecule has 0 radical (unpaired) electrons. The van der Waals surface area contributed by atoms with Crippen LogP contribution in [0.3, 0.4) is 0 Å². The lowest BCUT2D eigenvalue weighted by Gasteiger charge is -2.09. The molecular weight excluding hydrogens is 324 g/mol. The second-order valence-electron chi connectivity index (χ2n) is 4.50. The Hall–Kier alpha value is -2.05. The van der Waals surface area contributed by atoms with Gasteiger partial charge in [0.2, 0.25) is 5.91 Å². The molecule has 1 amide bonds. The van der Waals surface area contributed by atoms with Crippen LogP contribution < -0.4 is 5.32 Å². The Kier molecular flexibility index (Phi) is 5.41. The van der Waals surface area contributed by atoms with Crippen LogP contribution in [0.5, 0.6) is 0 Å². The van der Waals surface area contributed by atoms with Gasteiger partial charge in [-0.05, 0) is 36.8 Å². The van der Waals surface area contributed by atoms with E-state index in [2.05, 4.69) is 5.32 Å². The number of halogens is 1. The van der Waals surface area contributed by atoms with Gasteiger partial charge in [-0.1, -0.05) is 17.7 Å². The topological polar surface area (TPSA) is 72.2 Å². The third-order valence-corrected chi connectivity index (χ3v) is 4.38. The van der Waals surface area contributed by atoms with Crippen molar-refractivity contribution in [3.63, 3.8) is 0 Å². The first-order chi connectivity index (χ1) is 10.5. The van der Waals surface area contributed by atoms with Crippen molar-refractivity contribution in [1.82, 2.24) is 0 Å². The Balaban J connectivity index is 1.92. The number of amides is 1. The smallest absolute Gasteiger partial charge is 0.269 e. The van der Waals surface area contributed by atoms with Crippen molar-refractivity contribution < 1.29 is 9.72 Å². The highest BCUT2D eigenvalue weighted by Crippen LogP contribution is 2.24. The van der Waals surface area contributed by atoms with Crippen molar-refractivity contribution in [3.8, 4) is 0 Å². The molecule has 0 heterocycles. The predicted molar refractivity (Wildman–Crippen MR) is 88.6 cm³/mol. The summed E-state index contributed by atoms with van der Waals surface area (Å²) in [6, 6.07) is 11.4. The molecule has 0 saturated carbocycles. The Morgan fingerprint density at radius 1 is 1.27 bits per heavy atom. The number of nitrogens with zero attached hydrogens (tertiary/aromatic N) is 1. The fourth-order valence-electron chi connectivity index (χ4n) is 1.74. The number of carbonyl (C=O) groups excluding carboxylic acids is 1. The maximum absolute atomic E-state index is 11.9. The van der Waals surface area contributed by atoms with E-state index < -0.39 is 4.92 Å². The number of nitro groups is 1. The van der Waals surface area contributed by atoms with Gasteiger partial charge in [0.15, 0.2) is 0 Å². The molecule has 0 unspecified atom stereocenters. The standard InChI is InChI=1S/C15H13ClN2O3S/c1-10-13(16)3-2-4-14(10)17-15(19)9-22-12-7-5-11(6-8-12)18(20)21/h2-8H,9H2,1H3,(H,17,19). The van der Waals surface area contributed by atoms with Gasteiger partial charge in [-0.2, -0.15) is 0 Å². The van der Waals surface area contributed by atoms with Crippen molar-refractivity contribution in [2.45, 2.75) is 11.8 Å². The first-order valence-corrected chi connectivity index (χ1v) is 7.76. The van der Waals surface area contributed by atoms with Crippen LogP contribution in [-0.4, -0.2) is 16.6 Å². The monoisotopic (exact) mass is 336 g/mol. The van der Waals surface area contributed by atoms with E-state index in [-0.39, 0.29) is 17.3 Å². The number of carbonyl (C=O) groups is 1. The van der Waals surface area contributed by atoms with Crippen LogP contribution in [0.1, 0.15) is 5.56 Å². The number of hydrogen-bond donors (Lipinski definition) is 1. The highest BCUT2D eigenvalue weighted by atomic mass is 35.5. The molecule has 1 N–H and O–H groups in total. The lowest BCUT2D eigenvalue weighted by atomic mass is 10.2. The lowest BCUT2D eigenvalue weighted by molar-refractivity contribution is -0.384. The van der Waals surface area contributed by atoms with Gasteiger partial charge in [0.25, 0.3) is 5.69 Å². The van der Waals surface area contributed by atoms with Gasteiger partial charge < -0.3 is 5.32 Å². The highest BCUT2D eigenvalue weighted by molar-refractivity contribution is 8.00. The summed E-state index contributed by atoms with van der Waals surface area (Å²) in [6.45, 7) is 1.83. The number of non-ortho nitro benzene ring substituents is 1. The molecule has 7 heteroatoms. The Labute approximate surface area is 136 Å². The van der Waals surface area contributed by atoms with Crippen LogP contribution in [0.4, 0.5) is 11.4 Å². The molecule has 0 aliphatic carbocycles. The SMILES string of the molecule is Cc1c(Cl)cccc1NC(=O)CSc1ccc([N+](=O)[O-])cc1. The maximum Gasteiger partial charge on any atom is 0.269 e. The molecule has 0 fully saturated rings. The van der Waals surface area contributed by atoms with Gasteiger partial charge in [0.1, 0.15) is 0 Å². The van der Waals surface area contributed by atoms with Gasteiger partial charge in [0.05, 0.1) is 10.7 Å². The number of rotatable bonds is 5. The van der Waals surface area contributed by atoms with Crippen molar-refractivity contribution in [1.29, 1.82) is 0 Å². The van der Waals surface area contributed by atoms with E-state index in [1.165, 1.54) is 23.9 Å². The van der Waals surface area contributed by atoms with Crippen molar-refractivity contribution >= 4 is 40.6 Å². The number of hydrogen-bond acceptors (Lipinski definition) is 4. The average molecular weight is 337 g/mol. The highest BCUT2D eigenvalue weighted by Gasteiger charge is 2.09.